The zero-order valence-corrected chi connectivity index (χ0v) is 20.9. The van der Waals surface area contributed by atoms with Crippen LogP contribution >= 0.6 is 31.9 Å². The summed E-state index contributed by atoms with van der Waals surface area (Å²) in [5.74, 6) is -0.0777. The van der Waals surface area contributed by atoms with E-state index in [4.69, 9.17) is 9.15 Å². The number of rotatable bonds is 7. The lowest BCUT2D eigenvalue weighted by atomic mass is 10.1. The van der Waals surface area contributed by atoms with Crippen molar-refractivity contribution in [1.82, 2.24) is 5.43 Å². The molecule has 1 heterocycles. The number of nitro benzene ring substituents is 1. The topological polar surface area (TPSA) is 131 Å². The van der Waals surface area contributed by atoms with Crippen LogP contribution in [0.1, 0.15) is 27.2 Å². The lowest BCUT2D eigenvalue weighted by molar-refractivity contribution is -0.384. The zero-order chi connectivity index (χ0) is 24.9. The fourth-order valence-corrected chi connectivity index (χ4v) is 4.62. The van der Waals surface area contributed by atoms with E-state index in [-0.39, 0.29) is 18.1 Å². The van der Waals surface area contributed by atoms with E-state index < -0.39 is 10.8 Å². The minimum Gasteiger partial charge on any atom is -0.486 e. The maximum Gasteiger partial charge on any atom is 0.307 e. The predicted molar refractivity (Wildman–Crippen MR) is 135 cm³/mol. The van der Waals surface area contributed by atoms with Gasteiger partial charge in [0.1, 0.15) is 17.9 Å². The Bertz CT molecular complexity index is 1500. The van der Waals surface area contributed by atoms with E-state index in [1.165, 1.54) is 30.5 Å². The maximum atomic E-state index is 12.4. The zero-order valence-electron chi connectivity index (χ0n) is 17.7. The number of hydrazone groups is 1. The number of ether oxygens (including phenoxy) is 1. The Kier molecular flexibility index (Phi) is 7.24. The van der Waals surface area contributed by atoms with Crippen molar-refractivity contribution in [2.24, 2.45) is 5.10 Å². The Hall–Kier alpha value is -4.01. The van der Waals surface area contributed by atoms with E-state index >= 15 is 0 Å². The average molecular weight is 598 g/mol. The van der Waals surface area contributed by atoms with E-state index in [1.54, 1.807) is 24.3 Å². The third-order valence-electron chi connectivity index (χ3n) is 4.84. The minimum absolute atomic E-state index is 0.0265. The Balaban J connectivity index is 1.43. The Morgan fingerprint density at radius 3 is 2.63 bits per heavy atom. The number of halogens is 2. The van der Waals surface area contributed by atoms with Gasteiger partial charge in [-0.25, -0.2) is 5.43 Å². The van der Waals surface area contributed by atoms with Gasteiger partial charge in [-0.3, -0.25) is 14.9 Å². The Labute approximate surface area is 215 Å². The molecule has 0 unspecified atom stereocenters. The van der Waals surface area contributed by atoms with E-state index in [0.29, 0.717) is 36.8 Å². The first-order valence-electron chi connectivity index (χ1n) is 9.97. The predicted octanol–water partition coefficient (Wildman–Crippen LogP) is 6.08. The maximum absolute atomic E-state index is 12.4. The standard InChI is InChI=1S/C24H14Br2N4O5/c25-19-7-14(8-20(26)23(19)34-13-16-4-2-1-3-15(16)11-27)12-28-29-24(31)22-10-17-9-18(30(32)33)5-6-21(17)35-22/h1-10,12H,13H2,(H,29,31)/b28-12+. The van der Waals surface area contributed by atoms with Gasteiger partial charge in [0.05, 0.1) is 31.7 Å². The van der Waals surface area contributed by atoms with Crippen molar-refractivity contribution in [1.29, 1.82) is 5.26 Å². The summed E-state index contributed by atoms with van der Waals surface area (Å²) in [6.45, 7) is 0.213. The number of carbonyl (C=O) groups is 1. The van der Waals surface area contributed by atoms with Crippen LogP contribution in [0.3, 0.4) is 0 Å². The van der Waals surface area contributed by atoms with Gasteiger partial charge in [-0.05, 0) is 67.8 Å². The van der Waals surface area contributed by atoms with Crippen molar-refractivity contribution < 1.29 is 18.9 Å². The molecule has 0 saturated heterocycles. The average Bonchev–Trinajstić information content (AvgIpc) is 3.27. The number of hydrogen-bond donors (Lipinski definition) is 1. The highest BCUT2D eigenvalue weighted by Gasteiger charge is 2.15. The molecule has 1 amide bonds. The molecule has 174 valence electrons. The molecule has 0 atom stereocenters. The summed E-state index contributed by atoms with van der Waals surface area (Å²) in [6.07, 6.45) is 1.44. The normalized spacial score (nSPS) is 10.9. The summed E-state index contributed by atoms with van der Waals surface area (Å²) in [5, 5.41) is 24.5. The van der Waals surface area contributed by atoms with Gasteiger partial charge in [-0.1, -0.05) is 18.2 Å². The van der Waals surface area contributed by atoms with Crippen molar-refractivity contribution >= 4 is 60.6 Å². The van der Waals surface area contributed by atoms with Crippen LogP contribution in [0.15, 0.2) is 79.1 Å². The molecule has 9 nitrogen and oxygen atoms in total. The third kappa shape index (κ3) is 5.56. The fourth-order valence-electron chi connectivity index (χ4n) is 3.17. The van der Waals surface area contributed by atoms with E-state index in [2.05, 4.69) is 48.5 Å². The van der Waals surface area contributed by atoms with Gasteiger partial charge in [-0.2, -0.15) is 10.4 Å². The van der Waals surface area contributed by atoms with Crippen molar-refractivity contribution in [3.05, 3.63) is 102 Å². The summed E-state index contributed by atoms with van der Waals surface area (Å²) in [5.41, 5.74) is 4.60. The smallest absolute Gasteiger partial charge is 0.307 e. The SMILES string of the molecule is N#Cc1ccccc1COc1c(Br)cc(/C=N/NC(=O)c2cc3cc([N+](=O)[O-])ccc3o2)cc1Br. The molecule has 0 aliphatic heterocycles. The van der Waals surface area contributed by atoms with E-state index in [9.17, 15) is 20.2 Å². The first-order valence-corrected chi connectivity index (χ1v) is 11.6. The summed E-state index contributed by atoms with van der Waals surface area (Å²) in [6, 6.07) is 18.3. The largest absolute Gasteiger partial charge is 0.486 e. The molecule has 3 aromatic carbocycles. The summed E-state index contributed by atoms with van der Waals surface area (Å²) in [4.78, 5) is 22.8. The number of nitro groups is 1. The summed E-state index contributed by atoms with van der Waals surface area (Å²) in [7, 11) is 0. The molecule has 0 fully saturated rings. The number of non-ortho nitro benzene ring substituents is 1. The number of fused-ring (bicyclic) bond motifs is 1. The van der Waals surface area contributed by atoms with Gasteiger partial charge in [0.25, 0.3) is 5.69 Å². The molecule has 0 aliphatic carbocycles. The van der Waals surface area contributed by atoms with Crippen LogP contribution in [0, 0.1) is 21.4 Å². The van der Waals surface area contributed by atoms with Crippen LogP contribution in [-0.2, 0) is 6.61 Å². The molecule has 0 aliphatic rings. The quantitative estimate of drug-likeness (QED) is 0.156. The van der Waals surface area contributed by atoms with Crippen LogP contribution in [0.5, 0.6) is 5.75 Å². The molecule has 4 aromatic rings. The van der Waals surface area contributed by atoms with Crippen LogP contribution in [-0.4, -0.2) is 17.0 Å². The van der Waals surface area contributed by atoms with Crippen LogP contribution in [0.2, 0.25) is 0 Å². The second-order valence-corrected chi connectivity index (χ2v) is 8.87. The molecule has 1 N–H and O–H groups in total. The highest BCUT2D eigenvalue weighted by Crippen LogP contribution is 2.35. The number of nitriles is 1. The first-order chi connectivity index (χ1) is 16.9. The van der Waals surface area contributed by atoms with Gasteiger partial charge in [0.2, 0.25) is 0 Å². The molecule has 0 saturated carbocycles. The Morgan fingerprint density at radius 2 is 1.91 bits per heavy atom. The lowest BCUT2D eigenvalue weighted by Gasteiger charge is -2.12. The number of nitrogens with zero attached hydrogens (tertiary/aromatic N) is 3. The van der Waals surface area contributed by atoms with Gasteiger partial charge in [0.15, 0.2) is 5.76 Å². The molecular formula is C24H14Br2N4O5. The van der Waals surface area contributed by atoms with Crippen LogP contribution in [0.4, 0.5) is 5.69 Å². The monoisotopic (exact) mass is 596 g/mol. The van der Waals surface area contributed by atoms with Gasteiger partial charge in [-0.15, -0.1) is 0 Å². The fraction of sp³-hybridized carbons (Fsp3) is 0.0417. The Morgan fingerprint density at radius 1 is 1.17 bits per heavy atom. The van der Waals surface area contributed by atoms with Gasteiger partial charge < -0.3 is 9.15 Å². The van der Waals surface area contributed by atoms with Gasteiger partial charge >= 0.3 is 5.91 Å². The highest BCUT2D eigenvalue weighted by atomic mass is 79.9. The second kappa shape index (κ2) is 10.5. The minimum atomic E-state index is -0.602. The van der Waals surface area contributed by atoms with Crippen LogP contribution in [0.25, 0.3) is 11.0 Å². The number of furan rings is 1. The molecule has 0 spiro atoms. The third-order valence-corrected chi connectivity index (χ3v) is 6.02. The van der Waals surface area contributed by atoms with Gasteiger partial charge in [0, 0.05) is 23.1 Å². The summed E-state index contributed by atoms with van der Waals surface area (Å²) >= 11 is 6.94. The summed E-state index contributed by atoms with van der Waals surface area (Å²) < 4.78 is 12.6. The van der Waals surface area contributed by atoms with Crippen molar-refractivity contribution in [3.63, 3.8) is 0 Å². The number of amides is 1. The first kappa shape index (κ1) is 24.1. The van der Waals surface area contributed by atoms with Crippen molar-refractivity contribution in [2.45, 2.75) is 6.61 Å². The molecule has 11 heteroatoms. The molecule has 0 radical (unpaired) electrons. The number of hydrogen-bond acceptors (Lipinski definition) is 7. The number of carbonyl (C=O) groups excluding carboxylic acids is 1. The molecule has 0 bridgehead atoms. The second-order valence-electron chi connectivity index (χ2n) is 7.16. The number of nitrogens with one attached hydrogen (secondary N) is 1. The molecule has 1 aromatic heterocycles. The van der Waals surface area contributed by atoms with E-state index in [1.807, 2.05) is 12.1 Å². The van der Waals surface area contributed by atoms with Crippen LogP contribution < -0.4 is 10.2 Å². The van der Waals surface area contributed by atoms with Crippen molar-refractivity contribution in [2.75, 3.05) is 0 Å². The highest BCUT2D eigenvalue weighted by molar-refractivity contribution is 9.11. The number of benzene rings is 3. The van der Waals surface area contributed by atoms with E-state index in [0.717, 1.165) is 5.56 Å². The molecule has 35 heavy (non-hydrogen) atoms. The molecule has 4 rings (SSSR count). The lowest BCUT2D eigenvalue weighted by Crippen LogP contribution is -2.16. The molecular weight excluding hydrogens is 584 g/mol. The van der Waals surface area contributed by atoms with Crippen molar-refractivity contribution in [3.8, 4) is 11.8 Å².